The van der Waals surface area contributed by atoms with Crippen molar-refractivity contribution in [3.63, 3.8) is 0 Å². The Hall–Kier alpha value is -1.81. The Morgan fingerprint density at radius 3 is 2.71 bits per heavy atom. The van der Waals surface area contributed by atoms with Gasteiger partial charge < -0.3 is 14.2 Å². The number of carbonyl (C=O) groups excluding carboxylic acids is 1. The van der Waals surface area contributed by atoms with E-state index in [2.05, 4.69) is 0 Å². The molecule has 0 saturated heterocycles. The molecule has 1 heterocycles. The van der Waals surface area contributed by atoms with E-state index in [1.54, 1.807) is 19.3 Å². The van der Waals surface area contributed by atoms with Crippen LogP contribution in [0, 0.1) is 0 Å². The summed E-state index contributed by atoms with van der Waals surface area (Å²) in [5.41, 5.74) is 1.33. The van der Waals surface area contributed by atoms with E-state index < -0.39 is 6.29 Å². The zero-order valence-corrected chi connectivity index (χ0v) is 10.0. The molecule has 0 amide bonds. The molecule has 4 heteroatoms. The van der Waals surface area contributed by atoms with Crippen LogP contribution in [0.3, 0.4) is 0 Å². The molecule has 90 valence electrons. The van der Waals surface area contributed by atoms with Crippen LogP contribution in [0.2, 0.25) is 0 Å². The lowest BCUT2D eigenvalue weighted by atomic mass is 10.0. The van der Waals surface area contributed by atoms with Crippen molar-refractivity contribution in [1.29, 1.82) is 0 Å². The predicted octanol–water partition coefficient (Wildman–Crippen LogP) is 2.03. The molecule has 0 aromatic heterocycles. The Bertz CT molecular complexity index is 476. The molecule has 0 aliphatic carbocycles. The van der Waals surface area contributed by atoms with Gasteiger partial charge in [-0.1, -0.05) is 12.1 Å². The number of methoxy groups -OCH3 is 2. The smallest absolute Gasteiger partial charge is 0.230 e. The molecule has 0 spiro atoms. The Kier molecular flexibility index (Phi) is 3.15. The number of Topliss-reactive ketones (excluding diaryl/α,β-unsaturated/α-hetero) is 1. The van der Waals surface area contributed by atoms with E-state index in [-0.39, 0.29) is 5.78 Å². The van der Waals surface area contributed by atoms with Crippen LogP contribution in [-0.4, -0.2) is 26.3 Å². The third-order valence-electron chi connectivity index (χ3n) is 2.64. The van der Waals surface area contributed by atoms with Gasteiger partial charge in [0.1, 0.15) is 0 Å². The molecule has 1 aromatic rings. The maximum atomic E-state index is 11.5. The lowest BCUT2D eigenvalue weighted by Crippen LogP contribution is -2.28. The third kappa shape index (κ3) is 2.03. The minimum Gasteiger partial charge on any atom is -0.493 e. The molecule has 0 N–H and O–H groups in total. The van der Waals surface area contributed by atoms with Crippen molar-refractivity contribution in [2.75, 3.05) is 14.2 Å². The molecule has 0 bridgehead atoms. The largest absolute Gasteiger partial charge is 0.493 e. The summed E-state index contributed by atoms with van der Waals surface area (Å²) in [5.74, 6) is 1.17. The zero-order valence-electron chi connectivity index (χ0n) is 10.0. The fraction of sp³-hybridized carbons (Fsp3) is 0.308. The van der Waals surface area contributed by atoms with E-state index in [4.69, 9.17) is 14.2 Å². The summed E-state index contributed by atoms with van der Waals surface area (Å²) in [4.78, 5) is 11.5. The van der Waals surface area contributed by atoms with Gasteiger partial charge in [-0.05, 0) is 19.1 Å². The van der Waals surface area contributed by atoms with Crippen molar-refractivity contribution in [3.8, 4) is 11.5 Å². The summed E-state index contributed by atoms with van der Waals surface area (Å²) in [6, 6.07) is 5.52. The van der Waals surface area contributed by atoms with Crippen molar-refractivity contribution < 1.29 is 19.0 Å². The molecular weight excluding hydrogens is 220 g/mol. The summed E-state index contributed by atoms with van der Waals surface area (Å²) in [7, 11) is 3.08. The van der Waals surface area contributed by atoms with Crippen molar-refractivity contribution in [2.45, 2.75) is 13.2 Å². The van der Waals surface area contributed by atoms with Gasteiger partial charge in [0.05, 0.1) is 12.7 Å². The molecule has 1 aromatic carbocycles. The zero-order chi connectivity index (χ0) is 12.4. The van der Waals surface area contributed by atoms with Crippen LogP contribution in [-0.2, 0) is 9.53 Å². The summed E-state index contributed by atoms with van der Waals surface area (Å²) >= 11 is 0. The quantitative estimate of drug-likeness (QED) is 0.802. The van der Waals surface area contributed by atoms with Crippen LogP contribution in [0.1, 0.15) is 12.5 Å². The van der Waals surface area contributed by atoms with E-state index >= 15 is 0 Å². The predicted molar refractivity (Wildman–Crippen MR) is 63.1 cm³/mol. The van der Waals surface area contributed by atoms with Crippen LogP contribution in [0.15, 0.2) is 23.8 Å². The van der Waals surface area contributed by atoms with E-state index in [1.807, 2.05) is 12.1 Å². The lowest BCUT2D eigenvalue weighted by Gasteiger charge is -2.25. The fourth-order valence-electron chi connectivity index (χ4n) is 1.78. The number of rotatable bonds is 3. The molecule has 4 nitrogen and oxygen atoms in total. The van der Waals surface area contributed by atoms with Crippen LogP contribution in [0.25, 0.3) is 6.08 Å². The highest BCUT2D eigenvalue weighted by Gasteiger charge is 2.27. The Labute approximate surface area is 99.8 Å². The van der Waals surface area contributed by atoms with Gasteiger partial charge in [0.25, 0.3) is 0 Å². The SMILES string of the molecule is COc1cccc2c1OC(OC)C(C(C)=O)=C2. The number of ether oxygens (including phenoxy) is 3. The number of carbonyl (C=O) groups is 1. The average molecular weight is 234 g/mol. The topological polar surface area (TPSA) is 44.8 Å². The van der Waals surface area contributed by atoms with Crippen LogP contribution >= 0.6 is 0 Å². The van der Waals surface area contributed by atoms with Crippen molar-refractivity contribution in [2.24, 2.45) is 0 Å². The van der Waals surface area contributed by atoms with Gasteiger partial charge in [-0.25, -0.2) is 0 Å². The first-order valence-electron chi connectivity index (χ1n) is 5.26. The molecule has 1 atom stereocenters. The van der Waals surface area contributed by atoms with Crippen molar-refractivity contribution in [3.05, 3.63) is 29.3 Å². The van der Waals surface area contributed by atoms with Crippen molar-refractivity contribution >= 4 is 11.9 Å². The third-order valence-corrected chi connectivity index (χ3v) is 2.64. The maximum Gasteiger partial charge on any atom is 0.230 e. The second kappa shape index (κ2) is 4.59. The van der Waals surface area contributed by atoms with Gasteiger partial charge in [0.15, 0.2) is 17.3 Å². The molecule has 0 fully saturated rings. The number of fused-ring (bicyclic) bond motifs is 1. The number of hydrogen-bond donors (Lipinski definition) is 0. The first-order valence-corrected chi connectivity index (χ1v) is 5.26. The van der Waals surface area contributed by atoms with Gasteiger partial charge in [-0.15, -0.1) is 0 Å². The summed E-state index contributed by atoms with van der Waals surface area (Å²) < 4.78 is 16.0. The second-order valence-electron chi connectivity index (χ2n) is 3.72. The standard InChI is InChI=1S/C13H14O4/c1-8(14)10-7-9-5-4-6-11(15-2)12(9)17-13(10)16-3/h4-7,13H,1-3H3. The minimum atomic E-state index is -0.670. The van der Waals surface area contributed by atoms with E-state index in [9.17, 15) is 4.79 Å². The molecule has 0 radical (unpaired) electrons. The highest BCUT2D eigenvalue weighted by molar-refractivity contribution is 5.99. The van der Waals surface area contributed by atoms with Crippen molar-refractivity contribution in [1.82, 2.24) is 0 Å². The fourth-order valence-corrected chi connectivity index (χ4v) is 1.78. The summed E-state index contributed by atoms with van der Waals surface area (Å²) in [6.45, 7) is 1.49. The first-order chi connectivity index (χ1) is 8.17. The van der Waals surface area contributed by atoms with Gasteiger partial charge in [0.2, 0.25) is 6.29 Å². The van der Waals surface area contributed by atoms with Crippen LogP contribution in [0.4, 0.5) is 0 Å². The molecule has 1 unspecified atom stereocenters. The summed E-state index contributed by atoms with van der Waals surface area (Å²) in [5, 5.41) is 0. The average Bonchev–Trinajstić information content (AvgIpc) is 2.36. The molecular formula is C13H14O4. The van der Waals surface area contributed by atoms with Gasteiger partial charge in [-0.2, -0.15) is 0 Å². The Morgan fingerprint density at radius 2 is 2.12 bits per heavy atom. The van der Waals surface area contributed by atoms with E-state index in [0.29, 0.717) is 17.1 Å². The highest BCUT2D eigenvalue weighted by atomic mass is 16.7. The molecule has 0 saturated carbocycles. The number of benzene rings is 1. The van der Waals surface area contributed by atoms with Gasteiger partial charge in [-0.3, -0.25) is 4.79 Å². The van der Waals surface area contributed by atoms with Gasteiger partial charge >= 0.3 is 0 Å². The van der Waals surface area contributed by atoms with Crippen LogP contribution < -0.4 is 9.47 Å². The first kappa shape index (κ1) is 11.7. The second-order valence-corrected chi connectivity index (χ2v) is 3.72. The molecule has 17 heavy (non-hydrogen) atoms. The number of hydrogen-bond acceptors (Lipinski definition) is 4. The number of ketones is 1. The Morgan fingerprint density at radius 1 is 1.35 bits per heavy atom. The molecule has 1 aliphatic rings. The minimum absolute atomic E-state index is 0.0645. The monoisotopic (exact) mass is 234 g/mol. The van der Waals surface area contributed by atoms with E-state index in [0.717, 1.165) is 5.56 Å². The molecule has 1 aliphatic heterocycles. The van der Waals surface area contributed by atoms with Crippen LogP contribution in [0.5, 0.6) is 11.5 Å². The Balaban J connectivity index is 2.52. The summed E-state index contributed by atoms with van der Waals surface area (Å²) in [6.07, 6.45) is 1.11. The molecule has 2 rings (SSSR count). The van der Waals surface area contributed by atoms with Gasteiger partial charge in [0, 0.05) is 12.7 Å². The van der Waals surface area contributed by atoms with E-state index in [1.165, 1.54) is 14.0 Å². The number of para-hydroxylation sites is 1. The lowest BCUT2D eigenvalue weighted by molar-refractivity contribution is -0.117. The maximum absolute atomic E-state index is 11.5. The normalized spacial score (nSPS) is 17.8. The highest BCUT2D eigenvalue weighted by Crippen LogP contribution is 2.37.